The Labute approximate surface area is 144 Å². The van der Waals surface area contributed by atoms with Crippen LogP contribution in [0.15, 0.2) is 24.3 Å². The van der Waals surface area contributed by atoms with Crippen molar-refractivity contribution in [2.75, 3.05) is 12.4 Å². The molecule has 0 aromatic heterocycles. The van der Waals surface area contributed by atoms with E-state index in [9.17, 15) is 13.2 Å². The van der Waals surface area contributed by atoms with E-state index < -0.39 is 9.84 Å². The first-order chi connectivity index (χ1) is 11.4. The first-order valence-electron chi connectivity index (χ1n) is 8.66. The minimum Gasteiger partial charge on any atom is -0.494 e. The van der Waals surface area contributed by atoms with Gasteiger partial charge in [0.15, 0.2) is 9.84 Å². The fourth-order valence-electron chi connectivity index (χ4n) is 3.09. The molecular formula is C18H27NO4S. The van der Waals surface area contributed by atoms with E-state index in [0.29, 0.717) is 6.61 Å². The summed E-state index contributed by atoms with van der Waals surface area (Å²) in [5.74, 6) is 0.473. The maximum absolute atomic E-state index is 12.2. The van der Waals surface area contributed by atoms with E-state index in [0.717, 1.165) is 37.0 Å². The second-order valence-electron chi connectivity index (χ2n) is 6.32. The van der Waals surface area contributed by atoms with Crippen molar-refractivity contribution in [1.29, 1.82) is 0 Å². The van der Waals surface area contributed by atoms with E-state index in [2.05, 4.69) is 5.32 Å². The highest BCUT2D eigenvalue weighted by Crippen LogP contribution is 2.25. The SMILES string of the molecule is CCOc1cccc([C@H](C)NC(=O)CCS(=O)(=O)C2CCCC2)c1. The van der Waals surface area contributed by atoms with Gasteiger partial charge in [-0.15, -0.1) is 0 Å². The molecule has 0 heterocycles. The third-order valence-electron chi connectivity index (χ3n) is 4.47. The Balaban J connectivity index is 1.86. The molecular weight excluding hydrogens is 326 g/mol. The van der Waals surface area contributed by atoms with E-state index in [1.54, 1.807) is 0 Å². The van der Waals surface area contributed by atoms with Gasteiger partial charge >= 0.3 is 0 Å². The van der Waals surface area contributed by atoms with Gasteiger partial charge in [0, 0.05) is 6.42 Å². The largest absolute Gasteiger partial charge is 0.494 e. The summed E-state index contributed by atoms with van der Waals surface area (Å²) >= 11 is 0. The Morgan fingerprint density at radius 3 is 2.71 bits per heavy atom. The molecule has 24 heavy (non-hydrogen) atoms. The van der Waals surface area contributed by atoms with Gasteiger partial charge in [-0.25, -0.2) is 8.42 Å². The summed E-state index contributed by atoms with van der Waals surface area (Å²) < 4.78 is 29.9. The van der Waals surface area contributed by atoms with Gasteiger partial charge in [0.05, 0.1) is 23.7 Å². The average Bonchev–Trinajstić information content (AvgIpc) is 3.09. The number of hydrogen-bond acceptors (Lipinski definition) is 4. The lowest BCUT2D eigenvalue weighted by Gasteiger charge is -2.16. The number of ether oxygens (including phenoxy) is 1. The Morgan fingerprint density at radius 1 is 1.33 bits per heavy atom. The summed E-state index contributed by atoms with van der Waals surface area (Å²) in [5.41, 5.74) is 0.938. The number of carbonyl (C=O) groups excluding carboxylic acids is 1. The van der Waals surface area contributed by atoms with Gasteiger partial charge in [0.2, 0.25) is 5.91 Å². The molecule has 0 aliphatic heterocycles. The molecule has 1 aromatic carbocycles. The summed E-state index contributed by atoms with van der Waals surface area (Å²) in [5, 5.41) is 2.62. The van der Waals surface area contributed by atoms with Crippen molar-refractivity contribution in [3.8, 4) is 5.75 Å². The van der Waals surface area contributed by atoms with Crippen molar-refractivity contribution < 1.29 is 17.9 Å². The normalized spacial score (nSPS) is 16.8. The number of rotatable bonds is 8. The molecule has 0 bridgehead atoms. The van der Waals surface area contributed by atoms with Crippen molar-refractivity contribution in [3.63, 3.8) is 0 Å². The standard InChI is InChI=1S/C18H27NO4S/c1-3-23-16-8-6-7-15(13-16)14(2)19-18(20)11-12-24(21,22)17-9-4-5-10-17/h6-8,13-14,17H,3-5,9-12H2,1-2H3,(H,19,20)/t14-/m0/s1. The van der Waals surface area contributed by atoms with Crippen LogP contribution in [-0.2, 0) is 14.6 Å². The molecule has 0 radical (unpaired) electrons. The summed E-state index contributed by atoms with van der Waals surface area (Å²) in [6, 6.07) is 7.38. The molecule has 0 unspecified atom stereocenters. The summed E-state index contributed by atoms with van der Waals surface area (Å²) in [4.78, 5) is 12.1. The lowest BCUT2D eigenvalue weighted by Crippen LogP contribution is -2.30. The molecule has 0 saturated heterocycles. The molecule has 6 heteroatoms. The molecule has 5 nitrogen and oxygen atoms in total. The van der Waals surface area contributed by atoms with Crippen LogP contribution in [0.3, 0.4) is 0 Å². The summed E-state index contributed by atoms with van der Waals surface area (Å²) in [6.07, 6.45) is 3.45. The monoisotopic (exact) mass is 353 g/mol. The van der Waals surface area contributed by atoms with Crippen LogP contribution >= 0.6 is 0 Å². The molecule has 1 N–H and O–H groups in total. The van der Waals surface area contributed by atoms with E-state index >= 15 is 0 Å². The van der Waals surface area contributed by atoms with Gasteiger partial charge < -0.3 is 10.1 Å². The average molecular weight is 353 g/mol. The number of sulfone groups is 1. The molecule has 1 aromatic rings. The number of benzene rings is 1. The lowest BCUT2D eigenvalue weighted by atomic mass is 10.1. The zero-order valence-corrected chi connectivity index (χ0v) is 15.3. The fraction of sp³-hybridized carbons (Fsp3) is 0.611. The van der Waals surface area contributed by atoms with Gasteiger partial charge in [-0.3, -0.25) is 4.79 Å². The minimum absolute atomic E-state index is 0.0221. The zero-order valence-electron chi connectivity index (χ0n) is 14.5. The van der Waals surface area contributed by atoms with Crippen LogP contribution in [0, 0.1) is 0 Å². The van der Waals surface area contributed by atoms with Gasteiger partial charge in [0.1, 0.15) is 5.75 Å². The molecule has 1 aliphatic rings. The van der Waals surface area contributed by atoms with Gasteiger partial charge in [0.25, 0.3) is 0 Å². The second-order valence-corrected chi connectivity index (χ2v) is 8.72. The molecule has 1 saturated carbocycles. The van der Waals surface area contributed by atoms with Crippen LogP contribution in [0.1, 0.15) is 57.6 Å². The van der Waals surface area contributed by atoms with E-state index in [-0.39, 0.29) is 29.4 Å². The lowest BCUT2D eigenvalue weighted by molar-refractivity contribution is -0.121. The van der Waals surface area contributed by atoms with Crippen molar-refractivity contribution in [2.24, 2.45) is 0 Å². The van der Waals surface area contributed by atoms with Crippen LogP contribution in [0.5, 0.6) is 5.75 Å². The second kappa shape index (κ2) is 8.51. The maximum atomic E-state index is 12.2. The number of hydrogen-bond donors (Lipinski definition) is 1. The Hall–Kier alpha value is -1.56. The molecule has 1 atom stereocenters. The predicted molar refractivity (Wildman–Crippen MR) is 94.8 cm³/mol. The van der Waals surface area contributed by atoms with Gasteiger partial charge in [-0.2, -0.15) is 0 Å². The highest BCUT2D eigenvalue weighted by Gasteiger charge is 2.29. The quantitative estimate of drug-likeness (QED) is 0.780. The topological polar surface area (TPSA) is 72.5 Å². The Kier molecular flexibility index (Phi) is 6.66. The fourth-order valence-corrected chi connectivity index (χ4v) is 4.94. The third-order valence-corrected chi connectivity index (χ3v) is 6.73. The Morgan fingerprint density at radius 2 is 2.04 bits per heavy atom. The highest BCUT2D eigenvalue weighted by molar-refractivity contribution is 7.92. The Bertz CT molecular complexity index is 651. The van der Waals surface area contributed by atoms with E-state index in [1.807, 2.05) is 38.1 Å². The van der Waals surface area contributed by atoms with Crippen LogP contribution in [0.4, 0.5) is 0 Å². The van der Waals surface area contributed by atoms with Crippen molar-refractivity contribution >= 4 is 15.7 Å². The van der Waals surface area contributed by atoms with Crippen LogP contribution in [-0.4, -0.2) is 31.9 Å². The molecule has 1 amide bonds. The summed E-state index contributed by atoms with van der Waals surface area (Å²) in [6.45, 7) is 4.39. The molecule has 1 aliphatic carbocycles. The zero-order chi connectivity index (χ0) is 17.6. The maximum Gasteiger partial charge on any atom is 0.221 e. The number of amides is 1. The highest BCUT2D eigenvalue weighted by atomic mass is 32.2. The van der Waals surface area contributed by atoms with Gasteiger partial charge in [-0.05, 0) is 44.4 Å². The van der Waals surface area contributed by atoms with Crippen LogP contribution in [0.25, 0.3) is 0 Å². The molecule has 2 rings (SSSR count). The summed E-state index contributed by atoms with van der Waals surface area (Å²) in [7, 11) is -3.15. The molecule has 0 spiro atoms. The smallest absolute Gasteiger partial charge is 0.221 e. The van der Waals surface area contributed by atoms with E-state index in [1.165, 1.54) is 0 Å². The first kappa shape index (κ1) is 18.8. The van der Waals surface area contributed by atoms with Crippen LogP contribution in [0.2, 0.25) is 0 Å². The van der Waals surface area contributed by atoms with Gasteiger partial charge in [-0.1, -0.05) is 25.0 Å². The van der Waals surface area contributed by atoms with Crippen molar-refractivity contribution in [3.05, 3.63) is 29.8 Å². The van der Waals surface area contributed by atoms with Crippen LogP contribution < -0.4 is 10.1 Å². The van der Waals surface area contributed by atoms with Crippen molar-refractivity contribution in [2.45, 2.75) is 57.2 Å². The molecule has 134 valence electrons. The first-order valence-corrected chi connectivity index (χ1v) is 10.4. The number of carbonyl (C=O) groups is 1. The van der Waals surface area contributed by atoms with E-state index in [4.69, 9.17) is 4.74 Å². The third kappa shape index (κ3) is 5.23. The predicted octanol–water partition coefficient (Wildman–Crippen LogP) is 3.01. The van der Waals surface area contributed by atoms with Crippen molar-refractivity contribution in [1.82, 2.24) is 5.32 Å². The molecule has 1 fully saturated rings. The number of nitrogens with one attached hydrogen (secondary N) is 1. The minimum atomic E-state index is -3.15.